The van der Waals surface area contributed by atoms with E-state index in [-0.39, 0.29) is 18.1 Å². The second kappa shape index (κ2) is 5.25. The number of nitrogens with one attached hydrogen (secondary N) is 1. The average Bonchev–Trinajstić information content (AvgIpc) is 2.52. The summed E-state index contributed by atoms with van der Waals surface area (Å²) in [4.78, 5) is 11.0. The summed E-state index contributed by atoms with van der Waals surface area (Å²) < 4.78 is 9.86. The van der Waals surface area contributed by atoms with E-state index in [2.05, 4.69) is 31.3 Å². The van der Waals surface area contributed by atoms with Crippen molar-refractivity contribution in [1.82, 2.24) is 5.32 Å². The Morgan fingerprint density at radius 2 is 2.50 bits per heavy atom. The molecule has 1 fully saturated rings. The minimum atomic E-state index is -0.209. The van der Waals surface area contributed by atoms with Gasteiger partial charge in [-0.05, 0) is 0 Å². The van der Waals surface area contributed by atoms with Crippen LogP contribution in [0.25, 0.3) is 0 Å². The Kier molecular flexibility index (Phi) is 4.62. The number of ether oxygens (including phenoxy) is 1. The van der Waals surface area contributed by atoms with E-state index in [0.717, 1.165) is 6.54 Å². The number of carbonyl (C=O) groups is 1. The highest BCUT2D eigenvalue weighted by Gasteiger charge is 2.30. The maximum atomic E-state index is 11.0. The first-order valence-electron chi connectivity index (χ1n) is 3.53. The van der Waals surface area contributed by atoms with Crippen LogP contribution in [-0.2, 0) is 13.7 Å². The first-order chi connectivity index (χ1) is 5.77. The van der Waals surface area contributed by atoms with Crippen LogP contribution in [-0.4, -0.2) is 31.8 Å². The van der Waals surface area contributed by atoms with Crippen LogP contribution in [0, 0.1) is 0 Å². The van der Waals surface area contributed by atoms with E-state index in [1.165, 1.54) is 16.3 Å². The van der Waals surface area contributed by atoms with Crippen molar-refractivity contribution in [3.8, 4) is 0 Å². The maximum absolute atomic E-state index is 11.0. The molecule has 0 bridgehead atoms. The fourth-order valence-electron chi connectivity index (χ4n) is 1.15. The standard InChI is InChI=1S/C6H10INO3S/c1-10-6(9)5-2-4(3-8-5)11-12-7/h4-5,8H,2-3H2,1H3/t4-,5+/m1/s1. The van der Waals surface area contributed by atoms with Crippen LogP contribution in [0.4, 0.5) is 0 Å². The Hall–Kier alpha value is 0.470. The van der Waals surface area contributed by atoms with Gasteiger partial charge in [-0.2, -0.15) is 0 Å². The van der Waals surface area contributed by atoms with Gasteiger partial charge in [-0.1, -0.05) is 0 Å². The molecule has 1 saturated heterocycles. The van der Waals surface area contributed by atoms with Gasteiger partial charge in [0.05, 0.1) is 22.4 Å². The summed E-state index contributed by atoms with van der Waals surface area (Å²) >= 11 is 2.06. The van der Waals surface area contributed by atoms with Crippen LogP contribution in [0.5, 0.6) is 0 Å². The van der Waals surface area contributed by atoms with Gasteiger partial charge in [-0.25, -0.2) is 0 Å². The molecule has 0 aromatic carbocycles. The van der Waals surface area contributed by atoms with Crippen LogP contribution in [0.15, 0.2) is 0 Å². The molecule has 0 aliphatic carbocycles. The van der Waals surface area contributed by atoms with Crippen LogP contribution in [0.3, 0.4) is 0 Å². The first kappa shape index (κ1) is 10.6. The smallest absolute Gasteiger partial charge is 0.322 e. The number of carbonyl (C=O) groups excluding carboxylic acids is 1. The Bertz CT molecular complexity index is 169. The van der Waals surface area contributed by atoms with Gasteiger partial charge in [0.1, 0.15) is 6.04 Å². The molecular weight excluding hydrogens is 293 g/mol. The summed E-state index contributed by atoms with van der Waals surface area (Å²) in [7, 11) is 2.69. The second-order valence-corrected chi connectivity index (χ2v) is 3.90. The highest BCUT2D eigenvalue weighted by Crippen LogP contribution is 2.21. The van der Waals surface area contributed by atoms with Crippen molar-refractivity contribution in [3.63, 3.8) is 0 Å². The number of hydrogen-bond donors (Lipinski definition) is 1. The van der Waals surface area contributed by atoms with E-state index in [1.807, 2.05) is 0 Å². The molecule has 0 radical (unpaired) electrons. The van der Waals surface area contributed by atoms with Gasteiger partial charge in [0.15, 0.2) is 0 Å². The number of hydrogen-bond acceptors (Lipinski definition) is 5. The van der Waals surface area contributed by atoms with Crippen LogP contribution in [0.1, 0.15) is 6.42 Å². The summed E-state index contributed by atoms with van der Waals surface area (Å²) in [5, 5.41) is 3.03. The molecular formula is C6H10INO3S. The largest absolute Gasteiger partial charge is 0.468 e. The van der Waals surface area contributed by atoms with Gasteiger partial charge in [-0.15, -0.1) is 0 Å². The lowest BCUT2D eigenvalue weighted by Gasteiger charge is -2.06. The third kappa shape index (κ3) is 2.75. The summed E-state index contributed by atoms with van der Waals surface area (Å²) in [6.07, 6.45) is 0.818. The zero-order chi connectivity index (χ0) is 8.97. The molecule has 70 valence electrons. The lowest BCUT2D eigenvalue weighted by molar-refractivity contribution is -0.142. The summed E-state index contributed by atoms with van der Waals surface area (Å²) in [5.74, 6) is -0.209. The van der Waals surface area contributed by atoms with Gasteiger partial charge in [0.25, 0.3) is 0 Å². The highest BCUT2D eigenvalue weighted by atomic mass is 127. The monoisotopic (exact) mass is 303 g/mol. The van der Waals surface area contributed by atoms with Gasteiger partial charge in [0.2, 0.25) is 0 Å². The molecule has 2 atom stereocenters. The van der Waals surface area contributed by atoms with E-state index < -0.39 is 0 Å². The second-order valence-electron chi connectivity index (χ2n) is 2.50. The van der Waals surface area contributed by atoms with Crippen molar-refractivity contribution in [3.05, 3.63) is 0 Å². The van der Waals surface area contributed by atoms with Crippen molar-refractivity contribution in [2.75, 3.05) is 13.7 Å². The molecule has 0 amide bonds. The summed E-state index contributed by atoms with van der Waals surface area (Å²) in [6, 6.07) is -0.191. The third-order valence-electron chi connectivity index (χ3n) is 1.75. The van der Waals surface area contributed by atoms with E-state index >= 15 is 0 Å². The molecule has 0 unspecified atom stereocenters. The van der Waals surface area contributed by atoms with Crippen LogP contribution >= 0.6 is 30.4 Å². The number of halogens is 1. The first-order valence-corrected chi connectivity index (χ1v) is 6.81. The number of rotatable bonds is 3. The Morgan fingerprint density at radius 3 is 3.08 bits per heavy atom. The van der Waals surface area contributed by atoms with Crippen molar-refractivity contribution in [1.29, 1.82) is 0 Å². The molecule has 12 heavy (non-hydrogen) atoms. The Labute approximate surface area is 87.5 Å². The molecule has 1 rings (SSSR count). The maximum Gasteiger partial charge on any atom is 0.322 e. The lowest BCUT2D eigenvalue weighted by atomic mass is 10.2. The fourth-order valence-corrected chi connectivity index (χ4v) is 2.28. The predicted molar refractivity (Wildman–Crippen MR) is 54.9 cm³/mol. The SMILES string of the molecule is COC(=O)[C@@H]1C[C@@H](OSI)CN1. The molecule has 0 aromatic rings. The molecule has 1 heterocycles. The van der Waals surface area contributed by atoms with Gasteiger partial charge < -0.3 is 14.2 Å². The number of esters is 1. The van der Waals surface area contributed by atoms with Crippen molar-refractivity contribution < 1.29 is 13.7 Å². The van der Waals surface area contributed by atoms with Crippen molar-refractivity contribution >= 4 is 36.4 Å². The molecule has 1 N–H and O–H groups in total. The zero-order valence-corrected chi connectivity index (χ0v) is 9.55. The normalized spacial score (nSPS) is 28.8. The van der Waals surface area contributed by atoms with Crippen molar-refractivity contribution in [2.24, 2.45) is 0 Å². The molecule has 0 aromatic heterocycles. The lowest BCUT2D eigenvalue weighted by Crippen LogP contribution is -2.31. The highest BCUT2D eigenvalue weighted by molar-refractivity contribution is 14.2. The summed E-state index contributed by atoms with van der Waals surface area (Å²) in [5.41, 5.74) is 0. The van der Waals surface area contributed by atoms with Crippen LogP contribution in [0.2, 0.25) is 0 Å². The molecule has 0 saturated carbocycles. The van der Waals surface area contributed by atoms with Crippen LogP contribution < -0.4 is 5.32 Å². The molecule has 1 aliphatic heterocycles. The topological polar surface area (TPSA) is 47.6 Å². The van der Waals surface area contributed by atoms with E-state index in [4.69, 9.17) is 4.18 Å². The molecule has 6 heteroatoms. The van der Waals surface area contributed by atoms with E-state index in [1.54, 1.807) is 0 Å². The minimum absolute atomic E-state index is 0.121. The fraction of sp³-hybridized carbons (Fsp3) is 0.833. The molecule has 4 nitrogen and oxygen atoms in total. The summed E-state index contributed by atoms with van der Waals surface area (Å²) in [6.45, 7) is 0.718. The van der Waals surface area contributed by atoms with E-state index in [9.17, 15) is 4.79 Å². The van der Waals surface area contributed by atoms with E-state index in [0.29, 0.717) is 6.42 Å². The average molecular weight is 303 g/mol. The Morgan fingerprint density at radius 1 is 1.75 bits per heavy atom. The van der Waals surface area contributed by atoms with Gasteiger partial charge >= 0.3 is 5.97 Å². The number of methoxy groups -OCH3 is 1. The zero-order valence-electron chi connectivity index (χ0n) is 6.58. The quantitative estimate of drug-likeness (QED) is 0.477. The Balaban J connectivity index is 2.30. The van der Waals surface area contributed by atoms with Crippen molar-refractivity contribution in [2.45, 2.75) is 18.6 Å². The predicted octanol–water partition coefficient (Wildman–Crippen LogP) is 0.905. The van der Waals surface area contributed by atoms with Gasteiger partial charge in [-0.3, -0.25) is 4.79 Å². The third-order valence-corrected chi connectivity index (χ3v) is 2.72. The molecule has 0 spiro atoms. The molecule has 1 aliphatic rings. The van der Waals surface area contributed by atoms with Gasteiger partial charge in [0, 0.05) is 34.2 Å². The minimum Gasteiger partial charge on any atom is -0.468 e.